The van der Waals surface area contributed by atoms with E-state index < -0.39 is 0 Å². The number of esters is 1. The summed E-state index contributed by atoms with van der Waals surface area (Å²) < 4.78 is 5.53. The first-order valence-corrected chi connectivity index (χ1v) is 10.9. The maximum atomic E-state index is 12.3. The number of aryl methyl sites for hydroxylation is 1. The predicted octanol–water partition coefficient (Wildman–Crippen LogP) is 5.06. The Balaban J connectivity index is 1.72. The molecule has 0 amide bonds. The highest BCUT2D eigenvalue weighted by molar-refractivity contribution is 7.99. The van der Waals surface area contributed by atoms with Crippen LogP contribution < -0.4 is 5.73 Å². The van der Waals surface area contributed by atoms with Crippen molar-refractivity contribution in [3.8, 4) is 5.75 Å². The molecule has 4 nitrogen and oxygen atoms in total. The van der Waals surface area contributed by atoms with Crippen molar-refractivity contribution in [1.82, 2.24) is 0 Å². The van der Waals surface area contributed by atoms with Gasteiger partial charge in [0.25, 0.3) is 0 Å². The highest BCUT2D eigenvalue weighted by Gasteiger charge is 2.31. The smallest absolute Gasteiger partial charge is 0.309 e. The van der Waals surface area contributed by atoms with Gasteiger partial charge in [0.05, 0.1) is 18.2 Å². The molecule has 1 aliphatic heterocycles. The quantitative estimate of drug-likeness (QED) is 0.224. The summed E-state index contributed by atoms with van der Waals surface area (Å²) in [6, 6.07) is 11.7. The fraction of sp³-hybridized carbons (Fsp3) is 0.435. The van der Waals surface area contributed by atoms with Gasteiger partial charge in [-0.05, 0) is 66.8 Å². The third kappa shape index (κ3) is 5.02. The molecular formula is C23H29NO3S. The SMILES string of the molecule is CCCCSc1cc([C@H]2COC(=O)C(Cc3ccc(O)c(N)c3)C2)ccc1C. The molecule has 2 aromatic rings. The van der Waals surface area contributed by atoms with Gasteiger partial charge in [-0.3, -0.25) is 4.79 Å². The van der Waals surface area contributed by atoms with Gasteiger partial charge in [0, 0.05) is 10.8 Å². The summed E-state index contributed by atoms with van der Waals surface area (Å²) >= 11 is 1.91. The van der Waals surface area contributed by atoms with Crippen LogP contribution >= 0.6 is 11.8 Å². The molecular weight excluding hydrogens is 370 g/mol. The Bertz CT molecular complexity index is 837. The lowest BCUT2D eigenvalue weighted by molar-refractivity contribution is -0.154. The minimum atomic E-state index is -0.194. The van der Waals surface area contributed by atoms with Crippen LogP contribution in [0.5, 0.6) is 5.75 Å². The van der Waals surface area contributed by atoms with Crippen LogP contribution in [-0.2, 0) is 16.0 Å². The molecule has 0 aliphatic carbocycles. The molecule has 28 heavy (non-hydrogen) atoms. The molecule has 150 valence electrons. The van der Waals surface area contributed by atoms with Crippen molar-refractivity contribution in [3.05, 3.63) is 53.1 Å². The first-order valence-electron chi connectivity index (χ1n) is 9.95. The van der Waals surface area contributed by atoms with Crippen LogP contribution in [0, 0.1) is 12.8 Å². The molecule has 2 atom stereocenters. The maximum Gasteiger partial charge on any atom is 0.309 e. The molecule has 1 unspecified atom stereocenters. The maximum absolute atomic E-state index is 12.3. The summed E-state index contributed by atoms with van der Waals surface area (Å²) in [6.07, 6.45) is 3.76. The highest BCUT2D eigenvalue weighted by atomic mass is 32.2. The number of carbonyl (C=O) groups is 1. The minimum Gasteiger partial charge on any atom is -0.506 e. The molecule has 0 bridgehead atoms. The van der Waals surface area contributed by atoms with Crippen LogP contribution in [0.4, 0.5) is 5.69 Å². The number of nitrogen functional groups attached to an aromatic ring is 1. The average molecular weight is 400 g/mol. The second-order valence-electron chi connectivity index (χ2n) is 7.58. The summed E-state index contributed by atoms with van der Waals surface area (Å²) in [5, 5.41) is 9.60. The summed E-state index contributed by atoms with van der Waals surface area (Å²) in [4.78, 5) is 13.6. The van der Waals surface area contributed by atoms with Gasteiger partial charge in [0.2, 0.25) is 0 Å². The number of rotatable bonds is 7. The summed E-state index contributed by atoms with van der Waals surface area (Å²) in [7, 11) is 0. The molecule has 3 N–H and O–H groups in total. The largest absolute Gasteiger partial charge is 0.506 e. The van der Waals surface area contributed by atoms with Crippen LogP contribution in [-0.4, -0.2) is 23.4 Å². The van der Waals surface area contributed by atoms with E-state index >= 15 is 0 Å². The molecule has 1 heterocycles. The van der Waals surface area contributed by atoms with Crippen molar-refractivity contribution in [2.45, 2.75) is 50.3 Å². The molecule has 1 aliphatic rings. The number of cyclic esters (lactones) is 1. The molecule has 0 saturated carbocycles. The standard InChI is InChI=1S/C23H29NO3S/c1-3-4-9-28-22-13-17(7-5-15(22)2)19-12-18(23(26)27-14-19)10-16-6-8-21(25)20(24)11-16/h5-8,11,13,18-19,25H,3-4,9-10,12,14,24H2,1-2H3/t18?,19-/m1/s1. The van der Waals surface area contributed by atoms with Gasteiger partial charge in [-0.15, -0.1) is 11.8 Å². The average Bonchev–Trinajstić information content (AvgIpc) is 2.68. The molecule has 5 heteroatoms. The Kier molecular flexibility index (Phi) is 6.89. The van der Waals surface area contributed by atoms with E-state index in [-0.39, 0.29) is 23.6 Å². The summed E-state index contributed by atoms with van der Waals surface area (Å²) in [6.45, 7) is 4.80. The second-order valence-corrected chi connectivity index (χ2v) is 8.72. The number of carbonyl (C=O) groups excluding carboxylic acids is 1. The van der Waals surface area contributed by atoms with Crippen LogP contribution in [0.25, 0.3) is 0 Å². The van der Waals surface area contributed by atoms with Gasteiger partial charge >= 0.3 is 5.97 Å². The van der Waals surface area contributed by atoms with Gasteiger partial charge in [0.1, 0.15) is 5.75 Å². The molecule has 1 saturated heterocycles. The van der Waals surface area contributed by atoms with Crippen LogP contribution in [0.15, 0.2) is 41.3 Å². The zero-order valence-corrected chi connectivity index (χ0v) is 17.4. The van der Waals surface area contributed by atoms with Gasteiger partial charge < -0.3 is 15.6 Å². The number of phenolic OH excluding ortho intramolecular Hbond substituents is 1. The number of benzene rings is 2. The Hall–Kier alpha value is -2.14. The Morgan fingerprint density at radius 3 is 2.82 bits per heavy atom. The molecule has 0 radical (unpaired) electrons. The first kappa shape index (κ1) is 20.6. The highest BCUT2D eigenvalue weighted by Crippen LogP contribution is 2.35. The molecule has 2 aromatic carbocycles. The van der Waals surface area contributed by atoms with E-state index in [1.54, 1.807) is 12.1 Å². The van der Waals surface area contributed by atoms with Crippen molar-refractivity contribution < 1.29 is 14.6 Å². The normalized spacial score (nSPS) is 19.4. The van der Waals surface area contributed by atoms with E-state index in [9.17, 15) is 9.90 Å². The van der Waals surface area contributed by atoms with Crippen molar-refractivity contribution in [2.24, 2.45) is 5.92 Å². The molecule has 3 rings (SSSR count). The minimum absolute atomic E-state index is 0.0700. The lowest BCUT2D eigenvalue weighted by Crippen LogP contribution is -2.31. The third-order valence-corrected chi connectivity index (χ3v) is 6.59. The number of unbranched alkanes of at least 4 members (excludes halogenated alkanes) is 1. The van der Waals surface area contributed by atoms with Gasteiger partial charge in [0.15, 0.2) is 0 Å². The second kappa shape index (κ2) is 9.37. The first-order chi connectivity index (χ1) is 13.5. The van der Waals surface area contributed by atoms with Crippen molar-refractivity contribution in [3.63, 3.8) is 0 Å². The number of phenols is 1. The fourth-order valence-electron chi connectivity index (χ4n) is 3.58. The van der Waals surface area contributed by atoms with Crippen molar-refractivity contribution in [1.29, 1.82) is 0 Å². The third-order valence-electron chi connectivity index (χ3n) is 5.34. The lowest BCUT2D eigenvalue weighted by Gasteiger charge is -2.29. The van der Waals surface area contributed by atoms with Crippen LogP contribution in [0.3, 0.4) is 0 Å². The summed E-state index contributed by atoms with van der Waals surface area (Å²) in [5.41, 5.74) is 9.61. The Labute approximate surface area is 171 Å². The number of ether oxygens (including phenoxy) is 1. The van der Waals surface area contributed by atoms with E-state index in [0.717, 1.165) is 17.7 Å². The van der Waals surface area contributed by atoms with E-state index in [1.165, 1.54) is 28.9 Å². The summed E-state index contributed by atoms with van der Waals surface area (Å²) in [5.74, 6) is 1.07. The zero-order valence-electron chi connectivity index (χ0n) is 16.6. The van der Waals surface area contributed by atoms with E-state index in [2.05, 4.69) is 32.0 Å². The number of nitrogens with two attached hydrogens (primary N) is 1. The van der Waals surface area contributed by atoms with Crippen LogP contribution in [0.1, 0.15) is 48.8 Å². The van der Waals surface area contributed by atoms with Crippen LogP contribution in [0.2, 0.25) is 0 Å². The Morgan fingerprint density at radius 2 is 2.07 bits per heavy atom. The van der Waals surface area contributed by atoms with Crippen molar-refractivity contribution in [2.75, 3.05) is 18.1 Å². The number of hydrogen-bond donors (Lipinski definition) is 2. The topological polar surface area (TPSA) is 72.5 Å². The van der Waals surface area contributed by atoms with Gasteiger partial charge in [-0.25, -0.2) is 0 Å². The lowest BCUT2D eigenvalue weighted by atomic mass is 9.84. The van der Waals surface area contributed by atoms with Gasteiger partial charge in [-0.1, -0.05) is 31.5 Å². The van der Waals surface area contributed by atoms with E-state index in [0.29, 0.717) is 18.7 Å². The number of aromatic hydroxyl groups is 1. The molecule has 1 fully saturated rings. The van der Waals surface area contributed by atoms with E-state index in [4.69, 9.17) is 10.5 Å². The monoisotopic (exact) mass is 399 g/mol. The van der Waals surface area contributed by atoms with Gasteiger partial charge in [-0.2, -0.15) is 0 Å². The Morgan fingerprint density at radius 1 is 1.25 bits per heavy atom. The predicted molar refractivity (Wildman–Crippen MR) is 115 cm³/mol. The van der Waals surface area contributed by atoms with Crippen molar-refractivity contribution >= 4 is 23.4 Å². The van der Waals surface area contributed by atoms with E-state index in [1.807, 2.05) is 17.8 Å². The fourth-order valence-corrected chi connectivity index (χ4v) is 4.74. The zero-order chi connectivity index (χ0) is 20.1. The number of thioether (sulfide) groups is 1. The number of hydrogen-bond acceptors (Lipinski definition) is 5. The molecule has 0 aromatic heterocycles. The molecule has 0 spiro atoms. The number of anilines is 1.